The zero-order valence-corrected chi connectivity index (χ0v) is 12.4. The largest absolute Gasteiger partial charge is 0.380 e. The van der Waals surface area contributed by atoms with E-state index in [1.54, 1.807) is 13.2 Å². The van der Waals surface area contributed by atoms with Gasteiger partial charge in [-0.2, -0.15) is 0 Å². The highest BCUT2D eigenvalue weighted by Gasteiger charge is 2.08. The molecule has 2 aromatic rings. The zero-order valence-electron chi connectivity index (χ0n) is 10.1. The second-order valence-electron chi connectivity index (χ2n) is 3.85. The Bertz CT molecular complexity index is 573. The van der Waals surface area contributed by atoms with Crippen LogP contribution in [-0.4, -0.2) is 12.1 Å². The van der Waals surface area contributed by atoms with Crippen molar-refractivity contribution >= 4 is 46.3 Å². The molecule has 1 aromatic heterocycles. The number of rotatable bonds is 4. The lowest BCUT2D eigenvalue weighted by molar-refractivity contribution is 0.185. The van der Waals surface area contributed by atoms with Crippen LogP contribution in [0.3, 0.4) is 0 Å². The number of hydrogen-bond acceptors (Lipinski definition) is 3. The summed E-state index contributed by atoms with van der Waals surface area (Å²) >= 11 is 17.7. The molecule has 0 aliphatic rings. The third kappa shape index (κ3) is 3.74. The number of pyridine rings is 1. The van der Waals surface area contributed by atoms with Crippen LogP contribution in [0.15, 0.2) is 30.3 Å². The number of nitrogens with one attached hydrogen (secondary N) is 1. The van der Waals surface area contributed by atoms with Crippen molar-refractivity contribution in [3.05, 3.63) is 51.1 Å². The van der Waals surface area contributed by atoms with Crippen LogP contribution in [0.2, 0.25) is 15.2 Å². The summed E-state index contributed by atoms with van der Waals surface area (Å²) in [7, 11) is 1.66. The van der Waals surface area contributed by atoms with Gasteiger partial charge in [0, 0.05) is 12.8 Å². The summed E-state index contributed by atoms with van der Waals surface area (Å²) in [4.78, 5) is 4.09. The van der Waals surface area contributed by atoms with Crippen molar-refractivity contribution in [1.29, 1.82) is 0 Å². The predicted octanol–water partition coefficient (Wildman–Crippen LogP) is 4.93. The third-order valence-electron chi connectivity index (χ3n) is 2.41. The molecule has 2 rings (SSSR count). The quantitative estimate of drug-likeness (QED) is 0.812. The number of aromatic nitrogens is 1. The van der Waals surface area contributed by atoms with Gasteiger partial charge in [-0.15, -0.1) is 0 Å². The Kier molecular flexibility index (Phi) is 4.88. The summed E-state index contributed by atoms with van der Waals surface area (Å²) in [6, 6.07) is 9.29. The van der Waals surface area contributed by atoms with Crippen molar-refractivity contribution < 1.29 is 4.74 Å². The van der Waals surface area contributed by atoms with Crippen LogP contribution in [0, 0.1) is 0 Å². The van der Waals surface area contributed by atoms with Crippen LogP contribution >= 0.6 is 34.8 Å². The molecule has 100 valence electrons. The molecular formula is C13H11Cl3N2O. The molecule has 1 N–H and O–H groups in total. The van der Waals surface area contributed by atoms with Crippen molar-refractivity contribution in [2.24, 2.45) is 0 Å². The van der Waals surface area contributed by atoms with Crippen LogP contribution in [0.5, 0.6) is 0 Å². The van der Waals surface area contributed by atoms with Gasteiger partial charge >= 0.3 is 0 Å². The van der Waals surface area contributed by atoms with Crippen LogP contribution in [0.4, 0.5) is 11.5 Å². The lowest BCUT2D eigenvalue weighted by Gasteiger charge is -2.09. The minimum atomic E-state index is 0.213. The zero-order chi connectivity index (χ0) is 13.8. The molecule has 0 aliphatic carbocycles. The van der Waals surface area contributed by atoms with E-state index in [1.165, 1.54) is 0 Å². The Hall–Kier alpha value is -1.00. The summed E-state index contributed by atoms with van der Waals surface area (Å²) in [5, 5.41) is 4.03. The molecule has 3 nitrogen and oxygen atoms in total. The van der Waals surface area contributed by atoms with Gasteiger partial charge in [-0.3, -0.25) is 0 Å². The second-order valence-corrected chi connectivity index (χ2v) is 5.02. The first-order valence-electron chi connectivity index (χ1n) is 5.46. The normalized spacial score (nSPS) is 10.5. The summed E-state index contributed by atoms with van der Waals surface area (Å²) in [5.41, 5.74) is 1.94. The molecule has 0 amide bonds. The average Bonchev–Trinajstić information content (AvgIpc) is 2.38. The first kappa shape index (κ1) is 14.4. The standard InChI is InChI=1S/C13H11Cl3N2O/c1-19-7-8-2-4-9(5-3-8)17-13-11(15)6-10(14)12(16)18-13/h2-6H,7H2,1H3,(H,17,18). The molecule has 6 heteroatoms. The number of ether oxygens (including phenoxy) is 1. The minimum absolute atomic E-state index is 0.213. The van der Waals surface area contributed by atoms with E-state index in [4.69, 9.17) is 39.5 Å². The van der Waals surface area contributed by atoms with Crippen molar-refractivity contribution in [3.63, 3.8) is 0 Å². The van der Waals surface area contributed by atoms with Crippen LogP contribution in [0.25, 0.3) is 0 Å². The van der Waals surface area contributed by atoms with E-state index in [9.17, 15) is 0 Å². The van der Waals surface area contributed by atoms with Gasteiger partial charge in [-0.05, 0) is 23.8 Å². The SMILES string of the molecule is COCc1ccc(Nc2nc(Cl)c(Cl)cc2Cl)cc1. The van der Waals surface area contributed by atoms with Crippen molar-refractivity contribution in [1.82, 2.24) is 4.98 Å². The molecule has 19 heavy (non-hydrogen) atoms. The van der Waals surface area contributed by atoms with Crippen molar-refractivity contribution in [2.75, 3.05) is 12.4 Å². The van der Waals surface area contributed by atoms with E-state index in [2.05, 4.69) is 10.3 Å². The molecule has 0 radical (unpaired) electrons. The van der Waals surface area contributed by atoms with Gasteiger partial charge < -0.3 is 10.1 Å². The lowest BCUT2D eigenvalue weighted by Crippen LogP contribution is -1.96. The van der Waals surface area contributed by atoms with E-state index >= 15 is 0 Å². The number of hydrogen-bond donors (Lipinski definition) is 1. The molecule has 0 unspecified atom stereocenters. The highest BCUT2D eigenvalue weighted by molar-refractivity contribution is 6.43. The van der Waals surface area contributed by atoms with Crippen LogP contribution in [-0.2, 0) is 11.3 Å². The van der Waals surface area contributed by atoms with E-state index in [-0.39, 0.29) is 5.15 Å². The molecule has 0 aliphatic heterocycles. The first-order chi connectivity index (χ1) is 9.10. The molecule has 0 fully saturated rings. The molecule has 1 aromatic carbocycles. The van der Waals surface area contributed by atoms with E-state index < -0.39 is 0 Å². The van der Waals surface area contributed by atoms with Gasteiger partial charge in [-0.1, -0.05) is 46.9 Å². The molecular weight excluding hydrogens is 307 g/mol. The smallest absolute Gasteiger partial charge is 0.151 e. The van der Waals surface area contributed by atoms with Gasteiger partial charge in [0.1, 0.15) is 5.15 Å². The monoisotopic (exact) mass is 316 g/mol. The molecule has 0 saturated carbocycles. The summed E-state index contributed by atoms with van der Waals surface area (Å²) in [6.45, 7) is 0.575. The Labute approximate surface area is 126 Å². The van der Waals surface area contributed by atoms with Gasteiger partial charge in [0.15, 0.2) is 5.82 Å². The van der Waals surface area contributed by atoms with Crippen LogP contribution < -0.4 is 5.32 Å². The fraction of sp³-hybridized carbons (Fsp3) is 0.154. The minimum Gasteiger partial charge on any atom is -0.380 e. The van der Waals surface area contributed by atoms with Gasteiger partial charge in [0.05, 0.1) is 16.7 Å². The topological polar surface area (TPSA) is 34.1 Å². The summed E-state index contributed by atoms with van der Waals surface area (Å²) in [5.74, 6) is 0.468. The van der Waals surface area contributed by atoms with E-state index in [0.29, 0.717) is 22.5 Å². The fourth-order valence-corrected chi connectivity index (χ4v) is 2.06. The van der Waals surface area contributed by atoms with Gasteiger partial charge in [0.2, 0.25) is 0 Å². The molecule has 0 spiro atoms. The Morgan fingerprint density at radius 1 is 1.11 bits per heavy atom. The summed E-state index contributed by atoms with van der Waals surface area (Å²) in [6.07, 6.45) is 0. The predicted molar refractivity (Wildman–Crippen MR) is 79.7 cm³/mol. The van der Waals surface area contributed by atoms with Crippen LogP contribution in [0.1, 0.15) is 5.56 Å². The molecule has 1 heterocycles. The number of methoxy groups -OCH3 is 1. The maximum Gasteiger partial charge on any atom is 0.151 e. The van der Waals surface area contributed by atoms with Gasteiger partial charge in [0.25, 0.3) is 0 Å². The number of nitrogens with zero attached hydrogens (tertiary/aromatic N) is 1. The second kappa shape index (κ2) is 6.44. The van der Waals surface area contributed by atoms with E-state index in [1.807, 2.05) is 24.3 Å². The molecule has 0 atom stereocenters. The maximum atomic E-state index is 6.04. The van der Waals surface area contributed by atoms with Crippen molar-refractivity contribution in [3.8, 4) is 0 Å². The lowest BCUT2D eigenvalue weighted by atomic mass is 10.2. The maximum absolute atomic E-state index is 6.04. The van der Waals surface area contributed by atoms with Crippen molar-refractivity contribution in [2.45, 2.75) is 6.61 Å². The highest BCUT2D eigenvalue weighted by Crippen LogP contribution is 2.30. The summed E-state index contributed by atoms with van der Waals surface area (Å²) < 4.78 is 5.05. The molecule has 0 saturated heterocycles. The Morgan fingerprint density at radius 3 is 2.42 bits per heavy atom. The Morgan fingerprint density at radius 2 is 1.79 bits per heavy atom. The number of benzene rings is 1. The number of anilines is 2. The molecule has 0 bridgehead atoms. The highest BCUT2D eigenvalue weighted by atomic mass is 35.5. The average molecular weight is 318 g/mol. The fourth-order valence-electron chi connectivity index (χ4n) is 1.52. The van der Waals surface area contributed by atoms with Gasteiger partial charge in [-0.25, -0.2) is 4.98 Å². The third-order valence-corrected chi connectivity index (χ3v) is 3.38. The Balaban J connectivity index is 2.19. The first-order valence-corrected chi connectivity index (χ1v) is 6.60. The van der Waals surface area contributed by atoms with E-state index in [0.717, 1.165) is 11.3 Å². The number of halogens is 3.